The van der Waals surface area contributed by atoms with E-state index in [0.717, 1.165) is 19.3 Å². The molecule has 1 heterocycles. The van der Waals surface area contributed by atoms with Crippen LogP contribution >= 0.6 is 0 Å². The van der Waals surface area contributed by atoms with E-state index in [-0.39, 0.29) is 18.1 Å². The molecule has 1 aliphatic rings. The van der Waals surface area contributed by atoms with Gasteiger partial charge >= 0.3 is 5.97 Å². The minimum atomic E-state index is -0.943. The number of carbonyl (C=O) groups excluding carboxylic acids is 2. The molecule has 0 aromatic carbocycles. The fraction of sp³-hybridized carbons (Fsp3) is 0.857. The highest BCUT2D eigenvalue weighted by molar-refractivity contribution is 5.96. The number of esters is 1. The maximum atomic E-state index is 12.7. The first-order valence-electron chi connectivity index (χ1n) is 13.2. The van der Waals surface area contributed by atoms with Crippen LogP contribution in [0.4, 0.5) is 0 Å². The standard InChI is InChI=1S/C28H50O6/c1-9-23(29)20(6)27(32)22(8)28(33)21(7)25-11-10-16(2)12-17(3)13-18(4)14-19(5)24(30)15-26(31)34-25/h10,17-23,25,27-29,32-33H,9,11-15H2,1-8H3. The van der Waals surface area contributed by atoms with Crippen LogP contribution in [0.15, 0.2) is 11.6 Å². The summed E-state index contributed by atoms with van der Waals surface area (Å²) in [5.41, 5.74) is 1.22. The Kier molecular flexibility index (Phi) is 13.0. The molecule has 0 aromatic heterocycles. The van der Waals surface area contributed by atoms with Gasteiger partial charge in [-0.15, -0.1) is 0 Å². The van der Waals surface area contributed by atoms with Crippen LogP contribution in [0.1, 0.15) is 93.9 Å². The zero-order valence-corrected chi connectivity index (χ0v) is 22.7. The summed E-state index contributed by atoms with van der Waals surface area (Å²) in [4.78, 5) is 25.3. The van der Waals surface area contributed by atoms with E-state index in [4.69, 9.17) is 4.74 Å². The van der Waals surface area contributed by atoms with Crippen LogP contribution in [-0.4, -0.2) is 51.5 Å². The number of cyclic esters (lactones) is 1. The molecule has 0 saturated heterocycles. The molecule has 0 fully saturated rings. The zero-order chi connectivity index (χ0) is 26.2. The lowest BCUT2D eigenvalue weighted by atomic mass is 9.79. The Hall–Kier alpha value is -1.24. The first kappa shape index (κ1) is 30.8. The maximum Gasteiger partial charge on any atom is 0.313 e. The molecule has 34 heavy (non-hydrogen) atoms. The second-order valence-corrected chi connectivity index (χ2v) is 11.3. The van der Waals surface area contributed by atoms with E-state index < -0.39 is 48.1 Å². The minimum absolute atomic E-state index is 0.105. The molecular formula is C28H50O6. The molecule has 198 valence electrons. The van der Waals surface area contributed by atoms with Crippen LogP contribution in [0.3, 0.4) is 0 Å². The number of ether oxygens (including phenoxy) is 1. The molecule has 0 bridgehead atoms. The molecule has 6 heteroatoms. The van der Waals surface area contributed by atoms with Crippen molar-refractivity contribution < 1.29 is 29.6 Å². The van der Waals surface area contributed by atoms with Crippen LogP contribution in [0.2, 0.25) is 0 Å². The van der Waals surface area contributed by atoms with Crippen molar-refractivity contribution in [2.45, 2.75) is 118 Å². The number of aliphatic hydroxyl groups is 3. The van der Waals surface area contributed by atoms with Crippen molar-refractivity contribution in [3.63, 3.8) is 0 Å². The monoisotopic (exact) mass is 482 g/mol. The van der Waals surface area contributed by atoms with E-state index in [9.17, 15) is 24.9 Å². The van der Waals surface area contributed by atoms with Gasteiger partial charge in [0.25, 0.3) is 0 Å². The van der Waals surface area contributed by atoms with Crippen molar-refractivity contribution in [2.75, 3.05) is 0 Å². The van der Waals surface area contributed by atoms with Gasteiger partial charge in [0.05, 0.1) is 18.3 Å². The Morgan fingerprint density at radius 3 is 2.18 bits per heavy atom. The lowest BCUT2D eigenvalue weighted by molar-refractivity contribution is -0.157. The van der Waals surface area contributed by atoms with Crippen molar-refractivity contribution in [1.82, 2.24) is 0 Å². The van der Waals surface area contributed by atoms with Crippen LogP contribution in [0, 0.1) is 35.5 Å². The zero-order valence-electron chi connectivity index (χ0n) is 22.7. The van der Waals surface area contributed by atoms with Gasteiger partial charge in [-0.05, 0) is 44.4 Å². The van der Waals surface area contributed by atoms with Gasteiger partial charge in [0.15, 0.2) is 0 Å². The normalized spacial score (nSPS) is 31.3. The van der Waals surface area contributed by atoms with Gasteiger partial charge in [0.2, 0.25) is 0 Å². The van der Waals surface area contributed by atoms with E-state index in [0.29, 0.717) is 24.7 Å². The SMILES string of the molecule is CCC(O)C(C)C(O)C(C)C(O)C(C)C1CC=C(C)CC(C)CC(C)CC(C)C(=O)CC(=O)O1. The highest BCUT2D eigenvalue weighted by atomic mass is 16.5. The Balaban J connectivity index is 3.09. The number of allylic oxidation sites excluding steroid dienone is 1. The van der Waals surface area contributed by atoms with Crippen LogP contribution < -0.4 is 0 Å². The number of ketones is 1. The van der Waals surface area contributed by atoms with E-state index in [2.05, 4.69) is 26.8 Å². The van der Waals surface area contributed by atoms with E-state index in [1.807, 2.05) is 20.8 Å². The fourth-order valence-corrected chi connectivity index (χ4v) is 5.43. The van der Waals surface area contributed by atoms with Gasteiger partial charge in [0.1, 0.15) is 18.3 Å². The number of hydrogen-bond acceptors (Lipinski definition) is 6. The second-order valence-electron chi connectivity index (χ2n) is 11.3. The van der Waals surface area contributed by atoms with E-state index in [1.165, 1.54) is 5.57 Å². The molecule has 3 N–H and O–H groups in total. The second kappa shape index (κ2) is 14.4. The lowest BCUT2D eigenvalue weighted by Gasteiger charge is -2.35. The third-order valence-corrected chi connectivity index (χ3v) is 7.85. The van der Waals surface area contributed by atoms with Gasteiger partial charge in [-0.3, -0.25) is 9.59 Å². The van der Waals surface area contributed by atoms with E-state index in [1.54, 1.807) is 13.8 Å². The fourth-order valence-electron chi connectivity index (χ4n) is 5.43. The Morgan fingerprint density at radius 2 is 1.59 bits per heavy atom. The van der Waals surface area contributed by atoms with Gasteiger partial charge in [-0.2, -0.15) is 0 Å². The van der Waals surface area contributed by atoms with Crippen LogP contribution in [0.25, 0.3) is 0 Å². The number of hydrogen-bond donors (Lipinski definition) is 3. The largest absolute Gasteiger partial charge is 0.461 e. The molecule has 10 atom stereocenters. The Labute approximate surface area is 207 Å². The predicted molar refractivity (Wildman–Crippen MR) is 135 cm³/mol. The predicted octanol–water partition coefficient (Wildman–Crippen LogP) is 4.69. The minimum Gasteiger partial charge on any atom is -0.461 e. The molecule has 0 amide bonds. The molecule has 0 spiro atoms. The summed E-state index contributed by atoms with van der Waals surface area (Å²) >= 11 is 0. The van der Waals surface area contributed by atoms with Gasteiger partial charge in [-0.25, -0.2) is 0 Å². The average molecular weight is 483 g/mol. The summed E-state index contributed by atoms with van der Waals surface area (Å²) in [6.45, 7) is 15.5. The van der Waals surface area contributed by atoms with Crippen molar-refractivity contribution in [3.8, 4) is 0 Å². The number of aliphatic hydroxyl groups excluding tert-OH is 3. The quantitative estimate of drug-likeness (QED) is 0.276. The molecule has 0 aliphatic carbocycles. The van der Waals surface area contributed by atoms with Gasteiger partial charge in [0, 0.05) is 30.1 Å². The molecule has 0 saturated carbocycles. The van der Waals surface area contributed by atoms with Gasteiger partial charge in [-0.1, -0.05) is 60.1 Å². The third kappa shape index (κ3) is 9.43. The first-order chi connectivity index (χ1) is 15.8. The summed E-state index contributed by atoms with van der Waals surface area (Å²) in [5, 5.41) is 31.9. The number of Topliss-reactive ketones (excluding diaryl/α,β-unsaturated/α-hetero) is 1. The van der Waals surface area contributed by atoms with Gasteiger partial charge < -0.3 is 20.1 Å². The summed E-state index contributed by atoms with van der Waals surface area (Å²) in [6, 6.07) is 0. The van der Waals surface area contributed by atoms with Crippen molar-refractivity contribution in [1.29, 1.82) is 0 Å². The number of rotatable bonds is 7. The molecule has 6 nitrogen and oxygen atoms in total. The first-order valence-corrected chi connectivity index (χ1v) is 13.2. The van der Waals surface area contributed by atoms with E-state index >= 15 is 0 Å². The third-order valence-electron chi connectivity index (χ3n) is 7.85. The topological polar surface area (TPSA) is 104 Å². The molecule has 10 unspecified atom stereocenters. The smallest absolute Gasteiger partial charge is 0.313 e. The van der Waals surface area contributed by atoms with Crippen molar-refractivity contribution in [3.05, 3.63) is 11.6 Å². The summed E-state index contributed by atoms with van der Waals surface area (Å²) in [7, 11) is 0. The van der Waals surface area contributed by atoms with Crippen molar-refractivity contribution in [2.24, 2.45) is 35.5 Å². The van der Waals surface area contributed by atoms with Crippen LogP contribution in [-0.2, 0) is 14.3 Å². The summed E-state index contributed by atoms with van der Waals surface area (Å²) in [6.07, 6.45) is 2.39. The molecule has 0 aromatic rings. The van der Waals surface area contributed by atoms with Crippen molar-refractivity contribution >= 4 is 11.8 Å². The maximum absolute atomic E-state index is 12.7. The highest BCUT2D eigenvalue weighted by Gasteiger charge is 2.37. The average Bonchev–Trinajstić information content (AvgIpc) is 2.77. The molecule has 1 rings (SSSR count). The molecule has 1 aliphatic heterocycles. The molecular weight excluding hydrogens is 432 g/mol. The number of carbonyl (C=O) groups is 2. The highest BCUT2D eigenvalue weighted by Crippen LogP contribution is 2.30. The summed E-state index contributed by atoms with van der Waals surface area (Å²) < 4.78 is 5.76. The van der Waals surface area contributed by atoms with Crippen LogP contribution in [0.5, 0.6) is 0 Å². The Bertz CT molecular complexity index is 674. The lowest BCUT2D eigenvalue weighted by Crippen LogP contribution is -2.44. The summed E-state index contributed by atoms with van der Waals surface area (Å²) in [5.74, 6) is -1.34. The molecule has 0 radical (unpaired) electrons. The Morgan fingerprint density at radius 1 is 0.971 bits per heavy atom.